The quantitative estimate of drug-likeness (QED) is 0.781. The van der Waals surface area contributed by atoms with Crippen LogP contribution in [0.1, 0.15) is 55.3 Å². The van der Waals surface area contributed by atoms with E-state index in [1.807, 2.05) is 0 Å². The molecule has 1 aliphatic rings. The maximum absolute atomic E-state index is 12.8. The number of likely N-dealkylation sites (tertiary alicyclic amines) is 1. The number of benzene rings is 1. The molecule has 1 heterocycles. The monoisotopic (exact) mass is 306 g/mol. The molecule has 122 valence electrons. The molecule has 0 spiro atoms. The van der Waals surface area contributed by atoms with Crippen molar-refractivity contribution in [1.29, 1.82) is 0 Å². The summed E-state index contributed by atoms with van der Waals surface area (Å²) in [4.78, 5) is 14.4. The highest BCUT2D eigenvalue weighted by Gasteiger charge is 2.08. The van der Waals surface area contributed by atoms with Crippen molar-refractivity contribution >= 4 is 5.91 Å². The van der Waals surface area contributed by atoms with E-state index in [0.717, 1.165) is 12.8 Å². The minimum absolute atomic E-state index is 0.118. The van der Waals surface area contributed by atoms with Crippen molar-refractivity contribution in [3.8, 4) is 0 Å². The average molecular weight is 306 g/mol. The summed E-state index contributed by atoms with van der Waals surface area (Å²) in [6.07, 6.45) is 8.78. The molecule has 0 atom stereocenters. The van der Waals surface area contributed by atoms with Gasteiger partial charge in [0, 0.05) is 12.1 Å². The van der Waals surface area contributed by atoms with Crippen LogP contribution >= 0.6 is 0 Å². The normalized spacial score (nSPS) is 16.2. The summed E-state index contributed by atoms with van der Waals surface area (Å²) in [5, 5.41) is 2.89. The van der Waals surface area contributed by atoms with Gasteiger partial charge in [0.1, 0.15) is 5.82 Å². The molecule has 2 rings (SSSR count). The summed E-state index contributed by atoms with van der Waals surface area (Å²) < 4.78 is 12.8. The lowest BCUT2D eigenvalue weighted by Crippen LogP contribution is -2.26. The fourth-order valence-electron chi connectivity index (χ4n) is 2.90. The van der Waals surface area contributed by atoms with Crippen LogP contribution in [0, 0.1) is 5.82 Å². The van der Waals surface area contributed by atoms with Crippen molar-refractivity contribution in [1.82, 2.24) is 10.2 Å². The van der Waals surface area contributed by atoms with Gasteiger partial charge in [-0.15, -0.1) is 0 Å². The molecule has 4 heteroatoms. The van der Waals surface area contributed by atoms with Crippen LogP contribution in [0.25, 0.3) is 0 Å². The molecule has 1 N–H and O–H groups in total. The van der Waals surface area contributed by atoms with E-state index in [0.29, 0.717) is 12.1 Å². The van der Waals surface area contributed by atoms with Crippen molar-refractivity contribution in [2.24, 2.45) is 0 Å². The summed E-state index contributed by atoms with van der Waals surface area (Å²) in [5.41, 5.74) is 0.519. The SMILES string of the molecule is O=C(NCCCCCN1CCCCCC1)c1ccc(F)cc1. The molecule has 1 aliphatic heterocycles. The Balaban J connectivity index is 1.53. The number of amides is 1. The molecular formula is C18H27FN2O. The molecule has 0 aliphatic carbocycles. The van der Waals surface area contributed by atoms with Crippen LogP contribution in [-0.2, 0) is 0 Å². The molecule has 0 unspecified atom stereocenters. The first-order valence-corrected chi connectivity index (χ1v) is 8.52. The van der Waals surface area contributed by atoms with Gasteiger partial charge in [-0.05, 0) is 69.6 Å². The first-order valence-electron chi connectivity index (χ1n) is 8.52. The molecule has 1 amide bonds. The number of rotatable bonds is 7. The molecule has 1 saturated heterocycles. The summed E-state index contributed by atoms with van der Waals surface area (Å²) in [5.74, 6) is -0.433. The van der Waals surface area contributed by atoms with Crippen LogP contribution in [0.4, 0.5) is 4.39 Å². The highest BCUT2D eigenvalue weighted by Crippen LogP contribution is 2.10. The van der Waals surface area contributed by atoms with Crippen LogP contribution in [0.5, 0.6) is 0 Å². The van der Waals surface area contributed by atoms with Crippen molar-refractivity contribution in [3.63, 3.8) is 0 Å². The number of hydrogen-bond acceptors (Lipinski definition) is 2. The number of nitrogens with one attached hydrogen (secondary N) is 1. The smallest absolute Gasteiger partial charge is 0.251 e. The van der Waals surface area contributed by atoms with Gasteiger partial charge in [0.25, 0.3) is 5.91 Å². The van der Waals surface area contributed by atoms with Crippen molar-refractivity contribution in [2.75, 3.05) is 26.2 Å². The minimum atomic E-state index is -0.315. The Kier molecular flexibility index (Phi) is 7.37. The summed E-state index contributed by atoms with van der Waals surface area (Å²) in [6.45, 7) is 4.38. The largest absolute Gasteiger partial charge is 0.352 e. The Morgan fingerprint density at radius 2 is 1.68 bits per heavy atom. The second-order valence-electron chi connectivity index (χ2n) is 6.08. The van der Waals surface area contributed by atoms with Gasteiger partial charge < -0.3 is 10.2 Å². The van der Waals surface area contributed by atoms with Gasteiger partial charge >= 0.3 is 0 Å². The Bertz CT molecular complexity index is 439. The fourth-order valence-corrected chi connectivity index (χ4v) is 2.90. The first-order chi connectivity index (χ1) is 10.8. The van der Waals surface area contributed by atoms with Gasteiger partial charge in [0.15, 0.2) is 0 Å². The Hall–Kier alpha value is -1.42. The third-order valence-electron chi connectivity index (χ3n) is 4.24. The van der Waals surface area contributed by atoms with Crippen LogP contribution in [0.3, 0.4) is 0 Å². The predicted octanol–water partition coefficient (Wildman–Crippen LogP) is 3.60. The number of unbranched alkanes of at least 4 members (excludes halogenated alkanes) is 2. The van der Waals surface area contributed by atoms with Gasteiger partial charge in [0.2, 0.25) is 0 Å². The number of carbonyl (C=O) groups excluding carboxylic acids is 1. The summed E-state index contributed by atoms with van der Waals surface area (Å²) in [7, 11) is 0. The third-order valence-corrected chi connectivity index (χ3v) is 4.24. The minimum Gasteiger partial charge on any atom is -0.352 e. The lowest BCUT2D eigenvalue weighted by atomic mass is 10.2. The van der Waals surface area contributed by atoms with E-state index in [-0.39, 0.29) is 11.7 Å². The summed E-state index contributed by atoms with van der Waals surface area (Å²) >= 11 is 0. The average Bonchev–Trinajstić information content (AvgIpc) is 2.80. The van der Waals surface area contributed by atoms with E-state index < -0.39 is 0 Å². The Labute approximate surface area is 132 Å². The zero-order chi connectivity index (χ0) is 15.6. The molecule has 1 aromatic rings. The lowest BCUT2D eigenvalue weighted by molar-refractivity contribution is 0.0953. The van der Waals surface area contributed by atoms with Crippen molar-refractivity contribution in [3.05, 3.63) is 35.6 Å². The van der Waals surface area contributed by atoms with Crippen molar-refractivity contribution < 1.29 is 9.18 Å². The fraction of sp³-hybridized carbons (Fsp3) is 0.611. The number of nitrogens with zero attached hydrogens (tertiary/aromatic N) is 1. The molecule has 0 radical (unpaired) electrons. The first kappa shape index (κ1) is 16.9. The maximum atomic E-state index is 12.8. The highest BCUT2D eigenvalue weighted by molar-refractivity contribution is 5.94. The molecule has 0 aromatic heterocycles. The summed E-state index contributed by atoms with van der Waals surface area (Å²) in [6, 6.07) is 5.67. The van der Waals surface area contributed by atoms with E-state index in [1.54, 1.807) is 0 Å². The molecular weight excluding hydrogens is 279 g/mol. The number of hydrogen-bond donors (Lipinski definition) is 1. The zero-order valence-corrected chi connectivity index (χ0v) is 13.3. The van der Waals surface area contributed by atoms with Crippen LogP contribution in [0.2, 0.25) is 0 Å². The van der Waals surface area contributed by atoms with E-state index >= 15 is 0 Å². The van der Waals surface area contributed by atoms with Gasteiger partial charge in [-0.3, -0.25) is 4.79 Å². The van der Waals surface area contributed by atoms with E-state index in [4.69, 9.17) is 0 Å². The standard InChI is InChI=1S/C18H27FN2O/c19-17-10-8-16(9-11-17)18(22)20-12-4-3-7-15-21-13-5-1-2-6-14-21/h8-11H,1-7,12-15H2,(H,20,22). The second kappa shape index (κ2) is 9.57. The lowest BCUT2D eigenvalue weighted by Gasteiger charge is -2.19. The van der Waals surface area contributed by atoms with Gasteiger partial charge in [-0.2, -0.15) is 0 Å². The van der Waals surface area contributed by atoms with E-state index in [2.05, 4.69) is 10.2 Å². The third kappa shape index (κ3) is 6.14. The number of halogens is 1. The van der Waals surface area contributed by atoms with Gasteiger partial charge in [0.05, 0.1) is 0 Å². The molecule has 1 aromatic carbocycles. The molecule has 22 heavy (non-hydrogen) atoms. The van der Waals surface area contributed by atoms with Gasteiger partial charge in [-0.1, -0.05) is 19.3 Å². The molecule has 0 saturated carbocycles. The Morgan fingerprint density at radius 1 is 1.00 bits per heavy atom. The molecule has 0 bridgehead atoms. The zero-order valence-electron chi connectivity index (χ0n) is 13.3. The van der Waals surface area contributed by atoms with E-state index in [9.17, 15) is 9.18 Å². The van der Waals surface area contributed by atoms with Crippen LogP contribution in [0.15, 0.2) is 24.3 Å². The van der Waals surface area contributed by atoms with Gasteiger partial charge in [-0.25, -0.2) is 4.39 Å². The number of carbonyl (C=O) groups is 1. The second-order valence-corrected chi connectivity index (χ2v) is 6.08. The highest BCUT2D eigenvalue weighted by atomic mass is 19.1. The van der Waals surface area contributed by atoms with Crippen LogP contribution < -0.4 is 5.32 Å². The topological polar surface area (TPSA) is 32.3 Å². The molecule has 1 fully saturated rings. The predicted molar refractivity (Wildman–Crippen MR) is 87.5 cm³/mol. The van der Waals surface area contributed by atoms with E-state index in [1.165, 1.54) is 76.0 Å². The van der Waals surface area contributed by atoms with Crippen LogP contribution in [-0.4, -0.2) is 37.0 Å². The maximum Gasteiger partial charge on any atom is 0.251 e. The molecule has 3 nitrogen and oxygen atoms in total. The van der Waals surface area contributed by atoms with Crippen molar-refractivity contribution in [2.45, 2.75) is 44.9 Å². The Morgan fingerprint density at radius 3 is 2.36 bits per heavy atom.